The molecule has 0 radical (unpaired) electrons. The lowest BCUT2D eigenvalue weighted by Gasteiger charge is -2.29. The van der Waals surface area contributed by atoms with Crippen LogP contribution in [0.3, 0.4) is 0 Å². The normalized spacial score (nSPS) is 15.3. The Morgan fingerprint density at radius 1 is 0.902 bits per heavy atom. The Bertz CT molecular complexity index is 1850. The van der Waals surface area contributed by atoms with Gasteiger partial charge < -0.3 is 4.74 Å². The van der Waals surface area contributed by atoms with Crippen molar-refractivity contribution in [3.05, 3.63) is 77.0 Å². The van der Waals surface area contributed by atoms with Crippen LogP contribution in [0.1, 0.15) is 88.5 Å². The minimum atomic E-state index is 0.127. The molecule has 0 N–H and O–H groups in total. The van der Waals surface area contributed by atoms with Crippen molar-refractivity contribution in [2.75, 3.05) is 0 Å². The maximum Gasteiger partial charge on any atom is 0.228 e. The molecule has 210 valence electrons. The van der Waals surface area contributed by atoms with Crippen molar-refractivity contribution in [1.29, 1.82) is 0 Å². The van der Waals surface area contributed by atoms with Gasteiger partial charge in [-0.25, -0.2) is 4.57 Å². The van der Waals surface area contributed by atoms with Crippen LogP contribution in [0.5, 0.6) is 11.5 Å². The summed E-state index contributed by atoms with van der Waals surface area (Å²) in [6, 6.07) is 18.7. The van der Waals surface area contributed by atoms with Crippen molar-refractivity contribution >= 4 is 32.3 Å². The molecule has 1 aliphatic heterocycles. The predicted octanol–water partition coefficient (Wildman–Crippen LogP) is 10.5. The van der Waals surface area contributed by atoms with Gasteiger partial charge in [-0.15, -0.1) is 0 Å². The van der Waals surface area contributed by atoms with Gasteiger partial charge in [0.25, 0.3) is 0 Å². The summed E-state index contributed by atoms with van der Waals surface area (Å²) < 4.78 is 9.49. The quantitative estimate of drug-likeness (QED) is 0.159. The number of hydrogen-bond donors (Lipinski definition) is 0. The molecule has 0 unspecified atom stereocenters. The van der Waals surface area contributed by atoms with Gasteiger partial charge in [-0.1, -0.05) is 96.7 Å². The second-order valence-electron chi connectivity index (χ2n) is 14.4. The number of hydrogen-bond acceptors (Lipinski definition) is 1. The molecule has 2 heterocycles. The van der Waals surface area contributed by atoms with Crippen LogP contribution in [0.2, 0.25) is 0 Å². The number of rotatable bonds is 4. The summed E-state index contributed by atoms with van der Waals surface area (Å²) in [5, 5.41) is 7.96. The largest absolute Gasteiger partial charge is 0.455 e. The lowest BCUT2D eigenvalue weighted by atomic mass is 9.81. The fourth-order valence-electron chi connectivity index (χ4n) is 7.72. The number of aromatic nitrogens is 1. The molecule has 0 bridgehead atoms. The van der Waals surface area contributed by atoms with E-state index in [1.54, 1.807) is 0 Å². The van der Waals surface area contributed by atoms with Crippen LogP contribution in [-0.2, 0) is 19.9 Å². The van der Waals surface area contributed by atoms with Gasteiger partial charge in [0, 0.05) is 17.0 Å². The monoisotopic (exact) mass is 542 g/mol. The van der Waals surface area contributed by atoms with Gasteiger partial charge >= 0.3 is 0 Å². The fourth-order valence-corrected chi connectivity index (χ4v) is 7.72. The van der Waals surface area contributed by atoms with E-state index in [2.05, 4.69) is 108 Å². The van der Waals surface area contributed by atoms with Gasteiger partial charge in [-0.3, -0.25) is 0 Å². The first-order chi connectivity index (χ1) is 19.6. The lowest BCUT2D eigenvalue weighted by Crippen LogP contribution is -2.32. The average molecular weight is 543 g/mol. The van der Waals surface area contributed by atoms with Crippen LogP contribution in [-0.4, -0.2) is 0 Å². The van der Waals surface area contributed by atoms with E-state index in [1.165, 1.54) is 97.9 Å². The topological polar surface area (TPSA) is 13.1 Å². The molecule has 0 amide bonds. The number of aryl methyl sites for hydroxylation is 2. The Balaban J connectivity index is 1.56. The minimum Gasteiger partial charge on any atom is -0.455 e. The Hall–Kier alpha value is -3.39. The zero-order chi connectivity index (χ0) is 28.6. The molecular formula is C39H44NO+. The first kappa shape index (κ1) is 26.5. The Labute approximate surface area is 245 Å². The molecule has 1 saturated carbocycles. The molecule has 0 atom stereocenters. The molecule has 2 heteroatoms. The zero-order valence-corrected chi connectivity index (χ0v) is 25.9. The van der Waals surface area contributed by atoms with Crippen molar-refractivity contribution in [2.45, 2.75) is 86.0 Å². The summed E-state index contributed by atoms with van der Waals surface area (Å²) in [5.74, 6) is 3.37. The summed E-state index contributed by atoms with van der Waals surface area (Å²) in [6.07, 6.45) is 9.88. The van der Waals surface area contributed by atoms with E-state index in [4.69, 9.17) is 4.74 Å². The van der Waals surface area contributed by atoms with Crippen LogP contribution < -0.4 is 9.30 Å². The highest BCUT2D eigenvalue weighted by Crippen LogP contribution is 2.53. The molecule has 4 aromatic carbocycles. The highest BCUT2D eigenvalue weighted by Gasteiger charge is 2.34. The van der Waals surface area contributed by atoms with Crippen molar-refractivity contribution in [1.82, 2.24) is 0 Å². The van der Waals surface area contributed by atoms with E-state index in [-0.39, 0.29) is 5.41 Å². The van der Waals surface area contributed by atoms with Crippen molar-refractivity contribution in [3.8, 4) is 22.8 Å². The zero-order valence-electron chi connectivity index (χ0n) is 25.9. The van der Waals surface area contributed by atoms with Gasteiger partial charge in [0.2, 0.25) is 5.69 Å². The molecule has 1 aromatic heterocycles. The number of benzene rings is 4. The third kappa shape index (κ3) is 4.33. The summed E-state index contributed by atoms with van der Waals surface area (Å²) in [6.45, 7) is 13.9. The minimum absolute atomic E-state index is 0.127. The molecule has 0 saturated heterocycles. The van der Waals surface area contributed by atoms with Gasteiger partial charge in [-0.2, -0.15) is 0 Å². The van der Waals surface area contributed by atoms with Crippen molar-refractivity contribution in [2.24, 2.45) is 18.4 Å². The first-order valence-corrected chi connectivity index (χ1v) is 15.7. The summed E-state index contributed by atoms with van der Waals surface area (Å²) in [7, 11) is 2.20. The molecule has 0 spiro atoms. The molecule has 41 heavy (non-hydrogen) atoms. The van der Waals surface area contributed by atoms with E-state index in [9.17, 15) is 0 Å². The third-order valence-corrected chi connectivity index (χ3v) is 9.79. The van der Waals surface area contributed by atoms with Gasteiger partial charge in [-0.05, 0) is 81.3 Å². The van der Waals surface area contributed by atoms with Gasteiger partial charge in [0.1, 0.15) is 18.5 Å². The van der Waals surface area contributed by atoms with Crippen LogP contribution in [0.4, 0.5) is 0 Å². The smallest absolute Gasteiger partial charge is 0.228 e. The van der Waals surface area contributed by atoms with E-state index in [0.717, 1.165) is 23.8 Å². The SMILES string of the molecule is Cc1c2c(c(CC(C)(C)C)c3ccc(C(C)C)cc13)Oc1cc3c(CC4CCCC4)cccc3c3cc[n+](C)c-2c13. The Kier molecular flexibility index (Phi) is 6.19. The standard InChI is InChI=1S/C39H44NO/c1-23(2)26-15-16-29-31(20-26)24(3)35-37-36-30(17-18-40(37)7)28-14-10-13-27(19-25-11-8-9-12-25)32(28)21-34(36)41-38(35)33(29)22-39(4,5)6/h10,13-18,20-21,23,25H,8-9,11-12,19,22H2,1-7H3/q+1. The van der Waals surface area contributed by atoms with Crippen LogP contribution in [0.15, 0.2) is 54.7 Å². The fraction of sp³-hybridized carbons (Fsp3) is 0.410. The van der Waals surface area contributed by atoms with Gasteiger partial charge in [0.15, 0.2) is 6.20 Å². The van der Waals surface area contributed by atoms with Crippen LogP contribution in [0, 0.1) is 18.3 Å². The summed E-state index contributed by atoms with van der Waals surface area (Å²) in [5.41, 5.74) is 8.20. The molecule has 2 aliphatic rings. The van der Waals surface area contributed by atoms with Crippen LogP contribution >= 0.6 is 0 Å². The molecule has 1 fully saturated rings. The average Bonchev–Trinajstić information content (AvgIpc) is 3.44. The van der Waals surface area contributed by atoms with Gasteiger partial charge in [0.05, 0.1) is 10.9 Å². The van der Waals surface area contributed by atoms with Crippen LogP contribution in [0.25, 0.3) is 43.6 Å². The number of fused-ring (bicyclic) bond motifs is 5. The maximum absolute atomic E-state index is 7.17. The molecule has 2 nitrogen and oxygen atoms in total. The number of nitrogens with zero attached hydrogens (tertiary/aromatic N) is 1. The molecule has 1 aliphatic carbocycles. The van der Waals surface area contributed by atoms with Crippen molar-refractivity contribution in [3.63, 3.8) is 0 Å². The maximum atomic E-state index is 7.17. The summed E-state index contributed by atoms with van der Waals surface area (Å²) >= 11 is 0. The molecule has 7 rings (SSSR count). The Morgan fingerprint density at radius 2 is 1.68 bits per heavy atom. The van der Waals surface area contributed by atoms with E-state index in [1.807, 2.05) is 0 Å². The molecule has 5 aromatic rings. The van der Waals surface area contributed by atoms with E-state index in [0.29, 0.717) is 5.92 Å². The predicted molar refractivity (Wildman–Crippen MR) is 173 cm³/mol. The summed E-state index contributed by atoms with van der Waals surface area (Å²) in [4.78, 5) is 0. The van der Waals surface area contributed by atoms with E-state index < -0.39 is 0 Å². The highest BCUT2D eigenvalue weighted by atomic mass is 16.5. The Morgan fingerprint density at radius 3 is 2.41 bits per heavy atom. The number of ether oxygens (including phenoxy) is 1. The first-order valence-electron chi connectivity index (χ1n) is 15.7. The second-order valence-corrected chi connectivity index (χ2v) is 14.4. The lowest BCUT2D eigenvalue weighted by molar-refractivity contribution is -0.659. The number of pyridine rings is 1. The molecular weight excluding hydrogens is 498 g/mol. The van der Waals surface area contributed by atoms with E-state index >= 15 is 0 Å². The second kappa shape index (κ2) is 9.58. The van der Waals surface area contributed by atoms with Crippen molar-refractivity contribution < 1.29 is 9.30 Å². The highest BCUT2D eigenvalue weighted by molar-refractivity contribution is 6.16. The third-order valence-electron chi connectivity index (χ3n) is 9.79.